The highest BCUT2D eigenvalue weighted by atomic mass is 32.2. The summed E-state index contributed by atoms with van der Waals surface area (Å²) in [6, 6.07) is 6.15. The Kier molecular flexibility index (Phi) is 7.48. The van der Waals surface area contributed by atoms with Crippen LogP contribution in [0.1, 0.15) is 55.3 Å². The summed E-state index contributed by atoms with van der Waals surface area (Å²) in [6.45, 7) is 2.87. The maximum Gasteiger partial charge on any atom is 0.254 e. The largest absolute Gasteiger partial charge is 0.377 e. The number of hydrogen-bond donors (Lipinski definition) is 1. The van der Waals surface area contributed by atoms with Crippen LogP contribution in [0, 0.1) is 5.92 Å². The van der Waals surface area contributed by atoms with E-state index in [-0.39, 0.29) is 29.4 Å². The van der Waals surface area contributed by atoms with Crippen molar-refractivity contribution in [1.82, 2.24) is 14.5 Å². The van der Waals surface area contributed by atoms with Gasteiger partial charge in [-0.1, -0.05) is 18.9 Å². The Morgan fingerprint density at radius 2 is 1.72 bits per heavy atom. The molecule has 1 aliphatic carbocycles. The monoisotopic (exact) mass is 463 g/mol. The van der Waals surface area contributed by atoms with Crippen molar-refractivity contribution in [3.63, 3.8) is 0 Å². The van der Waals surface area contributed by atoms with Gasteiger partial charge in [-0.05, 0) is 49.8 Å². The number of nitrogens with one attached hydrogen (secondary N) is 1. The minimum absolute atomic E-state index is 0.0757. The summed E-state index contributed by atoms with van der Waals surface area (Å²) < 4.78 is 33.4. The number of sulfonamides is 1. The van der Waals surface area contributed by atoms with Gasteiger partial charge < -0.3 is 14.5 Å². The van der Waals surface area contributed by atoms with E-state index in [2.05, 4.69) is 4.72 Å². The molecule has 1 N–H and O–H groups in total. The Labute approximate surface area is 190 Å². The SMILES string of the molecule is O=C(CC1CCCC1)N1CCN(C(=O)c2cccc(S(=O)(=O)NCC3CCCO3)c2)CC1. The normalized spacial score (nSPS) is 22.4. The van der Waals surface area contributed by atoms with Crippen molar-refractivity contribution in [2.45, 2.75) is 55.9 Å². The lowest BCUT2D eigenvalue weighted by Crippen LogP contribution is -2.50. The van der Waals surface area contributed by atoms with Crippen LogP contribution in [-0.4, -0.2) is 75.5 Å². The van der Waals surface area contributed by atoms with Gasteiger partial charge in [-0.15, -0.1) is 0 Å². The van der Waals surface area contributed by atoms with Crippen LogP contribution >= 0.6 is 0 Å². The first-order chi connectivity index (χ1) is 15.4. The first-order valence-corrected chi connectivity index (χ1v) is 13.2. The van der Waals surface area contributed by atoms with Gasteiger partial charge in [0.15, 0.2) is 0 Å². The molecular formula is C23H33N3O5S. The van der Waals surface area contributed by atoms with E-state index < -0.39 is 10.0 Å². The van der Waals surface area contributed by atoms with Crippen molar-refractivity contribution < 1.29 is 22.7 Å². The van der Waals surface area contributed by atoms with Crippen LogP contribution in [0.4, 0.5) is 0 Å². The highest BCUT2D eigenvalue weighted by Gasteiger charge is 2.28. The number of rotatable bonds is 7. The van der Waals surface area contributed by atoms with Crippen LogP contribution in [0.5, 0.6) is 0 Å². The lowest BCUT2D eigenvalue weighted by Gasteiger charge is -2.35. The van der Waals surface area contributed by atoms with Gasteiger partial charge in [0.1, 0.15) is 0 Å². The quantitative estimate of drug-likeness (QED) is 0.667. The molecule has 0 aromatic heterocycles. The number of carbonyl (C=O) groups excluding carboxylic acids is 2. The summed E-state index contributed by atoms with van der Waals surface area (Å²) in [5.41, 5.74) is 0.343. The molecule has 32 heavy (non-hydrogen) atoms. The molecular weight excluding hydrogens is 430 g/mol. The zero-order valence-electron chi connectivity index (χ0n) is 18.5. The van der Waals surface area contributed by atoms with Gasteiger partial charge in [0.05, 0.1) is 11.0 Å². The van der Waals surface area contributed by atoms with E-state index in [9.17, 15) is 18.0 Å². The number of hydrogen-bond acceptors (Lipinski definition) is 5. The molecule has 3 fully saturated rings. The Balaban J connectivity index is 1.32. The maximum atomic E-state index is 13.0. The number of carbonyl (C=O) groups is 2. The van der Waals surface area contributed by atoms with Gasteiger partial charge in [-0.25, -0.2) is 13.1 Å². The molecule has 1 aromatic carbocycles. The molecule has 2 amide bonds. The van der Waals surface area contributed by atoms with E-state index in [1.54, 1.807) is 17.0 Å². The Hall–Kier alpha value is -1.97. The van der Waals surface area contributed by atoms with Crippen molar-refractivity contribution in [3.05, 3.63) is 29.8 Å². The second-order valence-electron chi connectivity index (χ2n) is 9.04. The standard InChI is InChI=1S/C23H33N3O5S/c27-22(15-18-5-1-2-6-18)25-10-12-26(13-11-25)23(28)19-7-3-9-21(16-19)32(29,30)24-17-20-8-4-14-31-20/h3,7,9,16,18,20,24H,1-2,4-6,8,10-15,17H2. The van der Waals surface area contributed by atoms with E-state index in [0.717, 1.165) is 25.7 Å². The summed E-state index contributed by atoms with van der Waals surface area (Å²) in [6.07, 6.45) is 7.04. The third-order valence-corrected chi connectivity index (χ3v) is 8.20. The molecule has 1 unspecified atom stereocenters. The fourth-order valence-electron chi connectivity index (χ4n) is 4.82. The second kappa shape index (κ2) is 10.3. The molecule has 1 atom stereocenters. The van der Waals surface area contributed by atoms with Crippen LogP contribution < -0.4 is 4.72 Å². The van der Waals surface area contributed by atoms with Crippen molar-refractivity contribution in [1.29, 1.82) is 0 Å². The van der Waals surface area contributed by atoms with Gasteiger partial charge in [-0.2, -0.15) is 0 Å². The van der Waals surface area contributed by atoms with Crippen molar-refractivity contribution in [3.8, 4) is 0 Å². The van der Waals surface area contributed by atoms with Gasteiger partial charge in [0.2, 0.25) is 15.9 Å². The Bertz CT molecular complexity index is 915. The van der Waals surface area contributed by atoms with Gasteiger partial charge >= 0.3 is 0 Å². The van der Waals surface area contributed by atoms with Gasteiger partial charge in [-0.3, -0.25) is 9.59 Å². The molecule has 9 heteroatoms. The predicted octanol–water partition coefficient (Wildman–Crippen LogP) is 2.01. The predicted molar refractivity (Wildman–Crippen MR) is 120 cm³/mol. The van der Waals surface area contributed by atoms with Crippen molar-refractivity contribution >= 4 is 21.8 Å². The minimum Gasteiger partial charge on any atom is -0.377 e. The lowest BCUT2D eigenvalue weighted by molar-refractivity contribution is -0.133. The van der Waals surface area contributed by atoms with E-state index >= 15 is 0 Å². The number of ether oxygens (including phenoxy) is 1. The van der Waals surface area contributed by atoms with E-state index in [0.29, 0.717) is 50.7 Å². The van der Waals surface area contributed by atoms with Crippen LogP contribution in [0.25, 0.3) is 0 Å². The van der Waals surface area contributed by atoms with Crippen LogP contribution in [0.15, 0.2) is 29.2 Å². The fourth-order valence-corrected chi connectivity index (χ4v) is 5.93. The van der Waals surface area contributed by atoms with Crippen molar-refractivity contribution in [2.75, 3.05) is 39.3 Å². The average Bonchev–Trinajstić information content (AvgIpc) is 3.52. The molecule has 8 nitrogen and oxygen atoms in total. The molecule has 176 valence electrons. The molecule has 1 aromatic rings. The highest BCUT2D eigenvalue weighted by molar-refractivity contribution is 7.89. The number of benzene rings is 1. The Morgan fingerprint density at radius 1 is 1.00 bits per heavy atom. The van der Waals surface area contributed by atoms with Crippen LogP contribution in [-0.2, 0) is 19.6 Å². The Morgan fingerprint density at radius 3 is 2.41 bits per heavy atom. The minimum atomic E-state index is -3.72. The molecule has 2 heterocycles. The molecule has 0 radical (unpaired) electrons. The number of piperazine rings is 1. The fraction of sp³-hybridized carbons (Fsp3) is 0.652. The summed E-state index contributed by atoms with van der Waals surface area (Å²) in [5, 5.41) is 0. The first-order valence-electron chi connectivity index (χ1n) is 11.7. The van der Waals surface area contributed by atoms with Gasteiger partial charge in [0, 0.05) is 51.3 Å². The zero-order valence-corrected chi connectivity index (χ0v) is 19.3. The summed E-state index contributed by atoms with van der Waals surface area (Å²) in [5.74, 6) is 0.499. The molecule has 0 bridgehead atoms. The van der Waals surface area contributed by atoms with Crippen LogP contribution in [0.2, 0.25) is 0 Å². The number of amides is 2. The average molecular weight is 464 g/mol. The number of nitrogens with zero attached hydrogens (tertiary/aromatic N) is 2. The molecule has 2 aliphatic heterocycles. The van der Waals surface area contributed by atoms with E-state index in [1.165, 1.54) is 25.0 Å². The topological polar surface area (TPSA) is 96.0 Å². The summed E-state index contributed by atoms with van der Waals surface area (Å²) >= 11 is 0. The van der Waals surface area contributed by atoms with E-state index in [4.69, 9.17) is 4.74 Å². The molecule has 4 rings (SSSR count). The lowest BCUT2D eigenvalue weighted by atomic mass is 10.0. The van der Waals surface area contributed by atoms with E-state index in [1.807, 2.05) is 4.90 Å². The maximum absolute atomic E-state index is 13.0. The van der Waals surface area contributed by atoms with Gasteiger partial charge in [0.25, 0.3) is 5.91 Å². The highest BCUT2D eigenvalue weighted by Crippen LogP contribution is 2.28. The first kappa shape index (κ1) is 23.2. The third-order valence-electron chi connectivity index (χ3n) is 6.77. The molecule has 2 saturated heterocycles. The molecule has 3 aliphatic rings. The zero-order chi connectivity index (χ0) is 22.6. The molecule has 0 spiro atoms. The van der Waals surface area contributed by atoms with Crippen LogP contribution in [0.3, 0.4) is 0 Å². The molecule has 1 saturated carbocycles. The van der Waals surface area contributed by atoms with Crippen molar-refractivity contribution in [2.24, 2.45) is 5.92 Å². The smallest absolute Gasteiger partial charge is 0.254 e. The second-order valence-corrected chi connectivity index (χ2v) is 10.8. The third kappa shape index (κ3) is 5.68. The summed E-state index contributed by atoms with van der Waals surface area (Å²) in [4.78, 5) is 29.2. The summed E-state index contributed by atoms with van der Waals surface area (Å²) in [7, 11) is -3.72.